The van der Waals surface area contributed by atoms with Crippen molar-refractivity contribution in [3.8, 4) is 16.9 Å². The van der Waals surface area contributed by atoms with Crippen molar-refractivity contribution >= 4 is 44.2 Å². The molecule has 0 aliphatic carbocycles. The first-order valence-corrected chi connectivity index (χ1v) is 10.6. The summed E-state index contributed by atoms with van der Waals surface area (Å²) in [6.07, 6.45) is 0.750. The number of halogens is 2. The first-order valence-electron chi connectivity index (χ1n) is 9.36. The lowest BCUT2D eigenvalue weighted by Crippen LogP contribution is -2.54. The number of hydrogen-bond acceptors (Lipinski definition) is 6. The number of carbonyl (C=O) groups excluding carboxylic acids is 1. The zero-order valence-corrected chi connectivity index (χ0v) is 16.9. The van der Waals surface area contributed by atoms with Crippen molar-refractivity contribution in [2.45, 2.75) is 12.5 Å². The van der Waals surface area contributed by atoms with Crippen LogP contribution in [0.3, 0.4) is 0 Å². The number of nitrogens with zero attached hydrogens (tertiary/aromatic N) is 2. The van der Waals surface area contributed by atoms with E-state index in [0.29, 0.717) is 50.8 Å². The van der Waals surface area contributed by atoms with Crippen LogP contribution in [0.2, 0.25) is 5.02 Å². The minimum Gasteiger partial charge on any atom is -0.493 e. The van der Waals surface area contributed by atoms with E-state index in [2.05, 4.69) is 10.3 Å². The highest BCUT2D eigenvalue weighted by molar-refractivity contribution is 7.22. The Morgan fingerprint density at radius 3 is 3.03 bits per heavy atom. The Morgan fingerprint density at radius 2 is 2.17 bits per heavy atom. The monoisotopic (exact) mass is 432 g/mol. The molecule has 2 aliphatic heterocycles. The lowest BCUT2D eigenvalue weighted by Gasteiger charge is -2.38. The third-order valence-electron chi connectivity index (χ3n) is 5.42. The van der Waals surface area contributed by atoms with Crippen molar-refractivity contribution in [2.24, 2.45) is 0 Å². The molecule has 1 saturated heterocycles. The quantitative estimate of drug-likeness (QED) is 0.614. The molecule has 1 fully saturated rings. The van der Waals surface area contributed by atoms with E-state index in [1.54, 1.807) is 18.2 Å². The summed E-state index contributed by atoms with van der Waals surface area (Å²) in [7, 11) is 0. The van der Waals surface area contributed by atoms with Crippen LogP contribution in [-0.2, 0) is 0 Å². The molecule has 2 aromatic carbocycles. The third-order valence-corrected chi connectivity index (χ3v) is 6.63. The molecule has 0 spiro atoms. The number of carbonyl (C=O) groups is 1. The molecule has 3 N–H and O–H groups in total. The number of rotatable bonds is 1. The Balaban J connectivity index is 1.64. The van der Waals surface area contributed by atoms with Gasteiger partial charge in [0.05, 0.1) is 22.4 Å². The summed E-state index contributed by atoms with van der Waals surface area (Å²) in [5, 5.41) is 3.98. The molecule has 2 aliphatic rings. The minimum atomic E-state index is -0.378. The summed E-state index contributed by atoms with van der Waals surface area (Å²) in [5.74, 6) is 0.0189. The van der Waals surface area contributed by atoms with Gasteiger partial charge in [-0.25, -0.2) is 9.37 Å². The van der Waals surface area contributed by atoms with E-state index in [9.17, 15) is 9.18 Å². The summed E-state index contributed by atoms with van der Waals surface area (Å²) in [6, 6.07) is 6.50. The van der Waals surface area contributed by atoms with Crippen LogP contribution in [0, 0.1) is 5.82 Å². The standard InChI is InChI=1S/C20H18ClFN4O2S/c21-14-7-13-16(28-6-3-10-9-24-4-5-26(10)19(13)27)8-12(14)11-1-2-15(22)18-17(11)25-20(23)29-18/h1-2,7-8,10,24H,3-6,9H2,(H2,23,25)/t10-/m0/s1. The highest BCUT2D eigenvalue weighted by Crippen LogP contribution is 2.41. The minimum absolute atomic E-state index is 0.0817. The molecule has 3 aromatic rings. The van der Waals surface area contributed by atoms with Crippen LogP contribution >= 0.6 is 22.9 Å². The number of nitrogens with one attached hydrogen (secondary N) is 1. The van der Waals surface area contributed by atoms with E-state index in [1.807, 2.05) is 4.90 Å². The van der Waals surface area contributed by atoms with Gasteiger partial charge in [-0.2, -0.15) is 0 Å². The summed E-state index contributed by atoms with van der Waals surface area (Å²) in [5.41, 5.74) is 7.98. The second kappa shape index (κ2) is 7.12. The van der Waals surface area contributed by atoms with Gasteiger partial charge in [-0.3, -0.25) is 4.79 Å². The van der Waals surface area contributed by atoms with Crippen LogP contribution in [0.25, 0.3) is 21.3 Å². The predicted molar refractivity (Wildman–Crippen MR) is 112 cm³/mol. The molecule has 0 saturated carbocycles. The molecule has 0 unspecified atom stereocenters. The first-order chi connectivity index (χ1) is 14.0. The SMILES string of the molecule is Nc1nc2c(-c3cc4c(cc3Cl)C(=O)N3CCNC[C@@H]3CCO4)ccc(F)c2s1. The highest BCUT2D eigenvalue weighted by atomic mass is 35.5. The largest absolute Gasteiger partial charge is 0.493 e. The highest BCUT2D eigenvalue weighted by Gasteiger charge is 2.32. The number of aromatic nitrogens is 1. The summed E-state index contributed by atoms with van der Waals surface area (Å²) < 4.78 is 20.5. The average molecular weight is 433 g/mol. The lowest BCUT2D eigenvalue weighted by molar-refractivity contribution is 0.0576. The van der Waals surface area contributed by atoms with E-state index in [0.717, 1.165) is 30.8 Å². The molecule has 1 aromatic heterocycles. The lowest BCUT2D eigenvalue weighted by atomic mass is 9.99. The number of anilines is 1. The van der Waals surface area contributed by atoms with Crippen molar-refractivity contribution in [1.29, 1.82) is 0 Å². The number of nitrogen functional groups attached to an aromatic ring is 1. The normalized spacial score (nSPS) is 19.3. The number of benzene rings is 2. The predicted octanol–water partition coefficient (Wildman–Crippen LogP) is 3.53. The van der Waals surface area contributed by atoms with E-state index >= 15 is 0 Å². The van der Waals surface area contributed by atoms with E-state index < -0.39 is 0 Å². The van der Waals surface area contributed by atoms with Crippen LogP contribution in [0.15, 0.2) is 24.3 Å². The number of amides is 1. The van der Waals surface area contributed by atoms with Gasteiger partial charge in [0.15, 0.2) is 5.13 Å². The molecule has 9 heteroatoms. The van der Waals surface area contributed by atoms with Crippen molar-refractivity contribution in [1.82, 2.24) is 15.2 Å². The van der Waals surface area contributed by atoms with Gasteiger partial charge in [-0.05, 0) is 24.3 Å². The number of fused-ring (bicyclic) bond motifs is 3. The van der Waals surface area contributed by atoms with Gasteiger partial charge in [0.25, 0.3) is 5.91 Å². The molecule has 5 rings (SSSR count). The maximum absolute atomic E-state index is 14.2. The zero-order valence-electron chi connectivity index (χ0n) is 15.4. The Hall–Kier alpha value is -2.42. The van der Waals surface area contributed by atoms with Gasteiger partial charge in [0.2, 0.25) is 0 Å². The second-order valence-electron chi connectivity index (χ2n) is 7.15. The smallest absolute Gasteiger partial charge is 0.258 e. The van der Waals surface area contributed by atoms with Gasteiger partial charge >= 0.3 is 0 Å². The number of ether oxygens (including phenoxy) is 1. The number of hydrogen-bond donors (Lipinski definition) is 2. The number of nitrogens with two attached hydrogens (primary N) is 1. The molecular weight excluding hydrogens is 415 g/mol. The van der Waals surface area contributed by atoms with Crippen LogP contribution in [0.4, 0.5) is 9.52 Å². The molecule has 1 atom stereocenters. The summed E-state index contributed by atoms with van der Waals surface area (Å²) >= 11 is 7.68. The summed E-state index contributed by atoms with van der Waals surface area (Å²) in [4.78, 5) is 19.3. The van der Waals surface area contributed by atoms with Gasteiger partial charge in [0, 0.05) is 48.2 Å². The average Bonchev–Trinajstić information content (AvgIpc) is 3.11. The number of piperazine rings is 1. The summed E-state index contributed by atoms with van der Waals surface area (Å²) in [6.45, 7) is 2.67. The first kappa shape index (κ1) is 18.6. The fraction of sp³-hybridized carbons (Fsp3) is 0.300. The number of thiazole rings is 1. The van der Waals surface area contributed by atoms with Crippen molar-refractivity contribution in [3.63, 3.8) is 0 Å². The Bertz CT molecular complexity index is 1140. The molecule has 6 nitrogen and oxygen atoms in total. The molecule has 1 amide bonds. The van der Waals surface area contributed by atoms with Gasteiger partial charge in [-0.1, -0.05) is 22.9 Å². The van der Waals surface area contributed by atoms with Gasteiger partial charge < -0.3 is 20.7 Å². The van der Waals surface area contributed by atoms with Crippen molar-refractivity contribution in [2.75, 3.05) is 32.0 Å². The zero-order chi connectivity index (χ0) is 20.1. The van der Waals surface area contributed by atoms with Crippen LogP contribution in [0.5, 0.6) is 5.75 Å². The van der Waals surface area contributed by atoms with E-state index in [4.69, 9.17) is 22.1 Å². The molecule has 150 valence electrons. The van der Waals surface area contributed by atoms with Crippen molar-refractivity contribution < 1.29 is 13.9 Å². The topological polar surface area (TPSA) is 80.5 Å². The van der Waals surface area contributed by atoms with Crippen LogP contribution < -0.4 is 15.8 Å². The molecule has 29 heavy (non-hydrogen) atoms. The molecule has 3 heterocycles. The Kier molecular flexibility index (Phi) is 4.57. The molecular formula is C20H18ClFN4O2S. The van der Waals surface area contributed by atoms with E-state index in [-0.39, 0.29) is 22.9 Å². The Morgan fingerprint density at radius 1 is 1.31 bits per heavy atom. The molecule has 0 radical (unpaired) electrons. The maximum Gasteiger partial charge on any atom is 0.258 e. The fourth-order valence-electron chi connectivity index (χ4n) is 4.00. The second-order valence-corrected chi connectivity index (χ2v) is 8.58. The molecule has 0 bridgehead atoms. The van der Waals surface area contributed by atoms with Crippen LogP contribution in [0.1, 0.15) is 16.8 Å². The van der Waals surface area contributed by atoms with Crippen LogP contribution in [-0.4, -0.2) is 48.1 Å². The van der Waals surface area contributed by atoms with Gasteiger partial charge in [-0.15, -0.1) is 0 Å². The van der Waals surface area contributed by atoms with E-state index in [1.165, 1.54) is 6.07 Å². The fourth-order valence-corrected chi connectivity index (χ4v) is 5.03. The van der Waals surface area contributed by atoms with Crippen molar-refractivity contribution in [3.05, 3.63) is 40.7 Å². The maximum atomic E-state index is 14.2. The third kappa shape index (κ3) is 3.11. The Labute approximate surface area is 175 Å². The van der Waals surface area contributed by atoms with Gasteiger partial charge in [0.1, 0.15) is 11.6 Å².